The molecule has 1 aromatic carbocycles. The number of amides is 1. The number of hydrogen-bond acceptors (Lipinski definition) is 5. The van der Waals surface area contributed by atoms with Crippen molar-refractivity contribution in [3.63, 3.8) is 0 Å². The molecule has 1 amide bonds. The third kappa shape index (κ3) is 6.10. The van der Waals surface area contributed by atoms with Gasteiger partial charge in [0.25, 0.3) is 10.0 Å². The van der Waals surface area contributed by atoms with E-state index < -0.39 is 20.8 Å². The van der Waals surface area contributed by atoms with Gasteiger partial charge in [0.15, 0.2) is 0 Å². The molecule has 10 heteroatoms. The van der Waals surface area contributed by atoms with Gasteiger partial charge in [-0.25, -0.2) is 12.7 Å². The van der Waals surface area contributed by atoms with Gasteiger partial charge in [-0.1, -0.05) is 38.3 Å². The molecule has 0 radical (unpaired) electrons. The first-order valence-electron chi connectivity index (χ1n) is 11.4. The Labute approximate surface area is 193 Å². The molecule has 1 aromatic rings. The lowest BCUT2D eigenvalue weighted by atomic mass is 9.94. The third-order valence-electron chi connectivity index (χ3n) is 6.04. The molecule has 32 heavy (non-hydrogen) atoms. The van der Waals surface area contributed by atoms with Crippen LogP contribution in [0.5, 0.6) is 0 Å². The minimum Gasteiger partial charge on any atom is -0.355 e. The number of nitrogens with zero attached hydrogens (tertiary/aromatic N) is 2. The standard InChI is InChI=1S/C22H34N4O4S2/c1-2-16-31(28)17-21(27)24-13-12-18-8-10-20(11-9-18)32(29,30)26-15-14-25(22(26)23)19-6-4-3-5-7-19/h8-11,19,23H,2-7,12-17H2,1H3,(H,24,27). The van der Waals surface area contributed by atoms with Gasteiger partial charge in [-0.05, 0) is 43.4 Å². The highest BCUT2D eigenvalue weighted by Crippen LogP contribution is 2.28. The molecule has 1 aliphatic heterocycles. The summed E-state index contributed by atoms with van der Waals surface area (Å²) in [6.45, 7) is 3.22. The molecule has 1 saturated carbocycles. The predicted octanol–water partition coefficient (Wildman–Crippen LogP) is 2.08. The van der Waals surface area contributed by atoms with Crippen LogP contribution in [0.4, 0.5) is 0 Å². The van der Waals surface area contributed by atoms with E-state index in [0.29, 0.717) is 31.8 Å². The second-order valence-corrected chi connectivity index (χ2v) is 11.9. The maximum atomic E-state index is 13.1. The van der Waals surface area contributed by atoms with E-state index in [-0.39, 0.29) is 28.6 Å². The Morgan fingerprint density at radius 3 is 2.50 bits per heavy atom. The molecule has 0 bridgehead atoms. The van der Waals surface area contributed by atoms with Crippen LogP contribution in [0.2, 0.25) is 0 Å². The zero-order chi connectivity index (χ0) is 23.1. The van der Waals surface area contributed by atoms with Gasteiger partial charge in [0.1, 0.15) is 5.75 Å². The summed E-state index contributed by atoms with van der Waals surface area (Å²) < 4.78 is 39.1. The van der Waals surface area contributed by atoms with Crippen molar-refractivity contribution in [1.29, 1.82) is 5.41 Å². The summed E-state index contributed by atoms with van der Waals surface area (Å²) in [5, 5.41) is 11.2. The van der Waals surface area contributed by atoms with Crippen LogP contribution < -0.4 is 5.32 Å². The minimum atomic E-state index is -3.77. The fourth-order valence-electron chi connectivity index (χ4n) is 4.33. The summed E-state index contributed by atoms with van der Waals surface area (Å²) in [6.07, 6.45) is 6.88. The van der Waals surface area contributed by atoms with Crippen LogP contribution in [0.1, 0.15) is 51.0 Å². The number of sulfonamides is 1. The van der Waals surface area contributed by atoms with Crippen molar-refractivity contribution in [2.75, 3.05) is 31.1 Å². The molecule has 3 rings (SSSR count). The summed E-state index contributed by atoms with van der Waals surface area (Å²) in [5.74, 6) is 0.399. The average Bonchev–Trinajstić information content (AvgIpc) is 3.17. The Kier molecular flexibility index (Phi) is 8.70. The van der Waals surface area contributed by atoms with Crippen LogP contribution >= 0.6 is 0 Å². The van der Waals surface area contributed by atoms with E-state index in [1.165, 1.54) is 10.7 Å². The summed E-state index contributed by atoms with van der Waals surface area (Å²) in [6, 6.07) is 6.90. The Balaban J connectivity index is 1.54. The lowest BCUT2D eigenvalue weighted by molar-refractivity contribution is -0.118. The van der Waals surface area contributed by atoms with Gasteiger partial charge in [-0.15, -0.1) is 0 Å². The van der Waals surface area contributed by atoms with Crippen molar-refractivity contribution < 1.29 is 17.4 Å². The monoisotopic (exact) mass is 482 g/mol. The van der Waals surface area contributed by atoms with Gasteiger partial charge >= 0.3 is 0 Å². The van der Waals surface area contributed by atoms with Crippen molar-refractivity contribution in [2.24, 2.45) is 0 Å². The zero-order valence-corrected chi connectivity index (χ0v) is 20.3. The first kappa shape index (κ1) is 24.7. The number of carbonyl (C=O) groups is 1. The fraction of sp³-hybridized carbons (Fsp3) is 0.636. The van der Waals surface area contributed by atoms with Gasteiger partial charge < -0.3 is 10.2 Å². The van der Waals surface area contributed by atoms with Crippen LogP contribution in [-0.4, -0.2) is 70.9 Å². The van der Waals surface area contributed by atoms with Crippen molar-refractivity contribution in [3.05, 3.63) is 29.8 Å². The molecule has 0 spiro atoms. The maximum absolute atomic E-state index is 13.1. The van der Waals surface area contributed by atoms with Crippen molar-refractivity contribution in [3.8, 4) is 0 Å². The van der Waals surface area contributed by atoms with Crippen molar-refractivity contribution in [2.45, 2.75) is 62.8 Å². The average molecular weight is 483 g/mol. The third-order valence-corrected chi connectivity index (χ3v) is 9.29. The van der Waals surface area contributed by atoms with Crippen LogP contribution in [0.3, 0.4) is 0 Å². The van der Waals surface area contributed by atoms with Crippen LogP contribution in [-0.2, 0) is 32.0 Å². The van der Waals surface area contributed by atoms with Gasteiger partial charge in [-0.3, -0.25) is 14.4 Å². The number of carbonyl (C=O) groups excluding carboxylic acids is 1. The second kappa shape index (κ2) is 11.3. The highest BCUT2D eigenvalue weighted by atomic mass is 32.2. The maximum Gasteiger partial charge on any atom is 0.266 e. The van der Waals surface area contributed by atoms with Crippen molar-refractivity contribution in [1.82, 2.24) is 14.5 Å². The molecule has 2 aliphatic rings. The number of nitrogens with one attached hydrogen (secondary N) is 2. The number of benzene rings is 1. The zero-order valence-electron chi connectivity index (χ0n) is 18.7. The molecule has 1 heterocycles. The normalized spacial score (nSPS) is 18.7. The SMILES string of the molecule is CCCS(=O)CC(=O)NCCc1ccc(S(=O)(=O)N2CCN(C3CCCCC3)C2=N)cc1. The van der Waals surface area contributed by atoms with Crippen LogP contribution in [0.15, 0.2) is 29.2 Å². The molecule has 1 unspecified atom stereocenters. The van der Waals surface area contributed by atoms with Gasteiger partial charge in [0.05, 0.1) is 11.4 Å². The second-order valence-electron chi connectivity index (χ2n) is 8.42. The lowest BCUT2D eigenvalue weighted by Crippen LogP contribution is -2.42. The first-order valence-corrected chi connectivity index (χ1v) is 14.3. The Morgan fingerprint density at radius 2 is 1.84 bits per heavy atom. The lowest BCUT2D eigenvalue weighted by Gasteiger charge is -2.32. The summed E-state index contributed by atoms with van der Waals surface area (Å²) in [4.78, 5) is 13.9. The Bertz CT molecular complexity index is 928. The largest absolute Gasteiger partial charge is 0.355 e. The molecule has 2 N–H and O–H groups in total. The summed E-state index contributed by atoms with van der Waals surface area (Å²) in [7, 11) is -4.89. The van der Waals surface area contributed by atoms with E-state index in [4.69, 9.17) is 5.41 Å². The quantitative estimate of drug-likeness (QED) is 0.530. The van der Waals surface area contributed by atoms with E-state index in [2.05, 4.69) is 5.32 Å². The molecular formula is C22H34N4O4S2. The molecule has 2 fully saturated rings. The predicted molar refractivity (Wildman–Crippen MR) is 127 cm³/mol. The molecule has 0 aromatic heterocycles. The topological polar surface area (TPSA) is 111 Å². The van der Waals surface area contributed by atoms with Crippen molar-refractivity contribution >= 4 is 32.7 Å². The fourth-order valence-corrected chi connectivity index (χ4v) is 6.72. The number of guanidine groups is 1. The van der Waals surface area contributed by atoms with E-state index >= 15 is 0 Å². The molecule has 1 aliphatic carbocycles. The molecule has 1 saturated heterocycles. The molecule has 1 atom stereocenters. The van der Waals surface area contributed by atoms with Gasteiger partial charge in [-0.2, -0.15) is 0 Å². The first-order chi connectivity index (χ1) is 15.3. The molecule has 8 nitrogen and oxygen atoms in total. The Morgan fingerprint density at radius 1 is 1.16 bits per heavy atom. The van der Waals surface area contributed by atoms with Crippen LogP contribution in [0, 0.1) is 5.41 Å². The summed E-state index contributed by atoms with van der Waals surface area (Å²) in [5.41, 5.74) is 0.902. The Hall–Kier alpha value is -1.94. The van der Waals surface area contributed by atoms with Gasteiger partial charge in [0, 0.05) is 35.7 Å². The highest BCUT2D eigenvalue weighted by molar-refractivity contribution is 7.89. The van der Waals surface area contributed by atoms with E-state index in [1.807, 2.05) is 11.8 Å². The smallest absolute Gasteiger partial charge is 0.266 e. The minimum absolute atomic E-state index is 0.0185. The van der Waals surface area contributed by atoms with E-state index in [0.717, 1.165) is 37.7 Å². The van der Waals surface area contributed by atoms with E-state index in [1.54, 1.807) is 24.3 Å². The number of hydrogen-bond donors (Lipinski definition) is 2. The van der Waals surface area contributed by atoms with E-state index in [9.17, 15) is 17.4 Å². The van der Waals surface area contributed by atoms with Crippen LogP contribution in [0.25, 0.3) is 0 Å². The molecule has 178 valence electrons. The van der Waals surface area contributed by atoms with Gasteiger partial charge in [0.2, 0.25) is 11.9 Å². The summed E-state index contributed by atoms with van der Waals surface area (Å²) >= 11 is 0. The molecular weight excluding hydrogens is 448 g/mol. The number of rotatable bonds is 10. The highest BCUT2D eigenvalue weighted by Gasteiger charge is 2.38.